The largest absolute Gasteiger partial charge is 0.481 e. The summed E-state index contributed by atoms with van der Waals surface area (Å²) in [7, 11) is 0. The first kappa shape index (κ1) is 10.7. The third-order valence-electron chi connectivity index (χ3n) is 1.31. The van der Waals surface area contributed by atoms with Gasteiger partial charge in [-0.25, -0.2) is 0 Å². The number of aliphatic carboxylic acids is 1. The van der Waals surface area contributed by atoms with E-state index in [2.05, 4.69) is 0 Å². The van der Waals surface area contributed by atoms with E-state index in [9.17, 15) is 9.90 Å². The summed E-state index contributed by atoms with van der Waals surface area (Å²) in [5.41, 5.74) is -1.47. The fourth-order valence-electron chi connectivity index (χ4n) is 0.692. The van der Waals surface area contributed by atoms with Gasteiger partial charge in [0, 0.05) is 13.0 Å². The number of halogens is 1. The van der Waals surface area contributed by atoms with Gasteiger partial charge >= 0.3 is 5.97 Å². The van der Waals surface area contributed by atoms with Crippen molar-refractivity contribution < 1.29 is 20.1 Å². The van der Waals surface area contributed by atoms with E-state index in [0.717, 1.165) is 0 Å². The van der Waals surface area contributed by atoms with Gasteiger partial charge in [0.15, 0.2) is 0 Å². The highest BCUT2D eigenvalue weighted by molar-refractivity contribution is 6.18. The minimum atomic E-state index is -1.47. The van der Waals surface area contributed by atoms with E-state index in [4.69, 9.17) is 21.8 Å². The van der Waals surface area contributed by atoms with Crippen LogP contribution in [0.5, 0.6) is 0 Å². The van der Waals surface area contributed by atoms with Gasteiger partial charge in [0.2, 0.25) is 0 Å². The summed E-state index contributed by atoms with van der Waals surface area (Å²) in [6.45, 7) is -0.267. The highest BCUT2D eigenvalue weighted by Gasteiger charge is 2.28. The Morgan fingerprint density at radius 2 is 2.09 bits per heavy atom. The van der Waals surface area contributed by atoms with Crippen molar-refractivity contribution in [1.29, 1.82) is 0 Å². The predicted molar refractivity (Wildman–Crippen MR) is 39.6 cm³/mol. The minimum absolute atomic E-state index is 0.0111. The number of alkyl halides is 1. The van der Waals surface area contributed by atoms with E-state index in [-0.39, 0.29) is 18.9 Å². The molecule has 0 unspecified atom stereocenters. The highest BCUT2D eigenvalue weighted by atomic mass is 35.5. The Labute approximate surface area is 69.4 Å². The van der Waals surface area contributed by atoms with Crippen LogP contribution in [-0.4, -0.2) is 39.4 Å². The Hall–Kier alpha value is -0.320. The van der Waals surface area contributed by atoms with Crippen molar-refractivity contribution in [1.82, 2.24) is 0 Å². The average molecular weight is 183 g/mol. The van der Waals surface area contributed by atoms with Gasteiger partial charge in [0.25, 0.3) is 0 Å². The fourth-order valence-corrected chi connectivity index (χ4v) is 0.920. The Kier molecular flexibility index (Phi) is 4.40. The molecule has 66 valence electrons. The van der Waals surface area contributed by atoms with Crippen molar-refractivity contribution in [2.24, 2.45) is 0 Å². The summed E-state index contributed by atoms with van der Waals surface area (Å²) in [5, 5.41) is 26.1. The molecule has 4 nitrogen and oxygen atoms in total. The van der Waals surface area contributed by atoms with E-state index in [1.54, 1.807) is 0 Å². The zero-order chi connectivity index (χ0) is 8.91. The smallest absolute Gasteiger partial charge is 0.306 e. The molecule has 0 heterocycles. The van der Waals surface area contributed by atoms with Crippen LogP contribution in [0.4, 0.5) is 0 Å². The zero-order valence-corrected chi connectivity index (χ0v) is 6.71. The van der Waals surface area contributed by atoms with Gasteiger partial charge in [-0.1, -0.05) is 0 Å². The van der Waals surface area contributed by atoms with Crippen LogP contribution >= 0.6 is 11.6 Å². The van der Waals surface area contributed by atoms with Crippen molar-refractivity contribution in [3.63, 3.8) is 0 Å². The summed E-state index contributed by atoms with van der Waals surface area (Å²) in [5.74, 6) is -1.30. The Balaban J connectivity index is 3.98. The van der Waals surface area contributed by atoms with Gasteiger partial charge in [-0.15, -0.1) is 11.6 Å². The van der Waals surface area contributed by atoms with Gasteiger partial charge in [-0.3, -0.25) is 4.79 Å². The van der Waals surface area contributed by atoms with Gasteiger partial charge in [0.1, 0.15) is 0 Å². The first-order chi connectivity index (χ1) is 5.04. The quantitative estimate of drug-likeness (QED) is 0.516. The number of aliphatic hydroxyl groups is 2. The molecule has 0 amide bonds. The molecule has 0 spiro atoms. The molecule has 0 radical (unpaired) electrons. The molecular formula is C6H11ClO4. The van der Waals surface area contributed by atoms with Gasteiger partial charge in [-0.2, -0.15) is 0 Å². The minimum Gasteiger partial charge on any atom is -0.481 e. The molecule has 0 aromatic rings. The molecule has 5 heteroatoms. The molecule has 3 N–H and O–H groups in total. The number of carboxylic acids is 1. The van der Waals surface area contributed by atoms with Crippen molar-refractivity contribution in [3.05, 3.63) is 0 Å². The van der Waals surface area contributed by atoms with Gasteiger partial charge in [-0.05, 0) is 0 Å². The molecule has 0 saturated heterocycles. The second kappa shape index (κ2) is 4.54. The van der Waals surface area contributed by atoms with Crippen LogP contribution in [0.1, 0.15) is 12.8 Å². The lowest BCUT2D eigenvalue weighted by molar-refractivity contribution is -0.142. The van der Waals surface area contributed by atoms with E-state index >= 15 is 0 Å². The first-order valence-electron chi connectivity index (χ1n) is 3.15. The van der Waals surface area contributed by atoms with Crippen molar-refractivity contribution in [2.75, 3.05) is 12.5 Å². The average Bonchev–Trinajstić information content (AvgIpc) is 1.87. The summed E-state index contributed by atoms with van der Waals surface area (Å²) in [4.78, 5) is 10.1. The lowest BCUT2D eigenvalue weighted by Gasteiger charge is -2.21. The van der Waals surface area contributed by atoms with E-state index in [1.165, 1.54) is 0 Å². The van der Waals surface area contributed by atoms with Crippen LogP contribution in [-0.2, 0) is 4.79 Å². The molecular weight excluding hydrogens is 172 g/mol. The van der Waals surface area contributed by atoms with Crippen LogP contribution in [0.2, 0.25) is 0 Å². The maximum atomic E-state index is 10.1. The van der Waals surface area contributed by atoms with Crippen molar-refractivity contribution in [3.8, 4) is 0 Å². The third-order valence-corrected chi connectivity index (χ3v) is 1.80. The Bertz CT molecular complexity index is 139. The van der Waals surface area contributed by atoms with Gasteiger partial charge < -0.3 is 15.3 Å². The normalized spacial score (nSPS) is 15.9. The van der Waals surface area contributed by atoms with Crippen LogP contribution in [0, 0.1) is 0 Å². The zero-order valence-electron chi connectivity index (χ0n) is 5.96. The lowest BCUT2D eigenvalue weighted by Crippen LogP contribution is -2.34. The Morgan fingerprint density at radius 3 is 2.36 bits per heavy atom. The molecule has 0 aromatic heterocycles. The maximum Gasteiger partial charge on any atom is 0.306 e. The highest BCUT2D eigenvalue weighted by Crippen LogP contribution is 2.16. The van der Waals surface area contributed by atoms with Crippen LogP contribution < -0.4 is 0 Å². The number of aliphatic hydroxyl groups excluding tert-OH is 1. The van der Waals surface area contributed by atoms with Crippen LogP contribution in [0.3, 0.4) is 0 Å². The number of carboxylic acid groups (broad SMARTS) is 1. The molecule has 0 bridgehead atoms. The number of rotatable bonds is 5. The van der Waals surface area contributed by atoms with E-state index in [0.29, 0.717) is 0 Å². The summed E-state index contributed by atoms with van der Waals surface area (Å²) >= 11 is 5.31. The monoisotopic (exact) mass is 182 g/mol. The molecule has 0 fully saturated rings. The molecule has 0 aromatic carbocycles. The van der Waals surface area contributed by atoms with Crippen LogP contribution in [0.15, 0.2) is 0 Å². The molecule has 11 heavy (non-hydrogen) atoms. The molecule has 0 saturated carbocycles. The number of hydrogen-bond acceptors (Lipinski definition) is 3. The molecule has 0 aliphatic carbocycles. The SMILES string of the molecule is O=C(O)C[C@@](O)(CCl)CCO. The molecule has 0 aliphatic heterocycles. The summed E-state index contributed by atoms with van der Waals surface area (Å²) in [6, 6.07) is 0. The van der Waals surface area contributed by atoms with E-state index in [1.807, 2.05) is 0 Å². The molecule has 1 atom stereocenters. The summed E-state index contributed by atoms with van der Waals surface area (Å²) < 4.78 is 0. The van der Waals surface area contributed by atoms with E-state index < -0.39 is 18.0 Å². The predicted octanol–water partition coefficient (Wildman–Crippen LogP) is -0.187. The maximum absolute atomic E-state index is 10.1. The molecule has 0 aliphatic rings. The summed E-state index contributed by atoms with van der Waals surface area (Å²) in [6.07, 6.45) is -0.445. The third kappa shape index (κ3) is 4.19. The molecule has 0 rings (SSSR count). The standard InChI is InChI=1S/C6H11ClO4/c7-4-6(11,1-2-8)3-5(9)10/h8,11H,1-4H2,(H,9,10)/t6-/m1/s1. The second-order valence-corrected chi connectivity index (χ2v) is 2.67. The lowest BCUT2D eigenvalue weighted by atomic mass is 9.99. The van der Waals surface area contributed by atoms with Crippen molar-refractivity contribution >= 4 is 17.6 Å². The Morgan fingerprint density at radius 1 is 1.55 bits per heavy atom. The van der Waals surface area contributed by atoms with Crippen LogP contribution in [0.25, 0.3) is 0 Å². The fraction of sp³-hybridized carbons (Fsp3) is 0.833. The second-order valence-electron chi connectivity index (χ2n) is 2.40. The first-order valence-corrected chi connectivity index (χ1v) is 3.68. The number of hydrogen-bond donors (Lipinski definition) is 3. The van der Waals surface area contributed by atoms with Gasteiger partial charge in [0.05, 0.1) is 17.9 Å². The van der Waals surface area contributed by atoms with Crippen molar-refractivity contribution in [2.45, 2.75) is 18.4 Å². The number of carbonyl (C=O) groups is 1. The topological polar surface area (TPSA) is 77.8 Å².